The minimum absolute atomic E-state index is 0.00895. The zero-order valence-corrected chi connectivity index (χ0v) is 25.3. The normalized spacial score (nSPS) is 31.5. The zero-order chi connectivity index (χ0) is 31.6. The first-order valence-electron chi connectivity index (χ1n) is 15.3. The van der Waals surface area contributed by atoms with Crippen molar-refractivity contribution in [3.8, 4) is 5.75 Å². The van der Waals surface area contributed by atoms with Gasteiger partial charge in [0.15, 0.2) is 34.7 Å². The molecule has 1 aromatic rings. The van der Waals surface area contributed by atoms with Crippen molar-refractivity contribution in [2.75, 3.05) is 27.2 Å². The predicted molar refractivity (Wildman–Crippen MR) is 153 cm³/mol. The van der Waals surface area contributed by atoms with Crippen LogP contribution in [0.5, 0.6) is 5.75 Å². The van der Waals surface area contributed by atoms with Crippen LogP contribution in [-0.4, -0.2) is 87.9 Å². The lowest BCUT2D eigenvalue weighted by Crippen LogP contribution is -2.74. The molecule has 0 aromatic heterocycles. The summed E-state index contributed by atoms with van der Waals surface area (Å²) < 4.78 is 16.3. The number of nitrogens with zero attached hydrogens (tertiary/aromatic N) is 2. The van der Waals surface area contributed by atoms with Crippen LogP contribution < -0.4 is 5.73 Å². The molecular weight excluding hydrogens is 557 g/mol. The summed E-state index contributed by atoms with van der Waals surface area (Å²) in [6.45, 7) is 6.04. The number of nitrogens with two attached hydrogens (primary N) is 1. The molecule has 0 radical (unpaired) electrons. The number of phenols is 1. The summed E-state index contributed by atoms with van der Waals surface area (Å²) >= 11 is 0. The van der Waals surface area contributed by atoms with Gasteiger partial charge in [-0.1, -0.05) is 20.3 Å². The van der Waals surface area contributed by atoms with Crippen LogP contribution in [0.25, 0.3) is 0 Å². The van der Waals surface area contributed by atoms with Gasteiger partial charge in [0.05, 0.1) is 17.5 Å². The second-order valence-electron chi connectivity index (χ2n) is 13.4. The Balaban J connectivity index is 1.52. The van der Waals surface area contributed by atoms with Gasteiger partial charge >= 0.3 is 0 Å². The van der Waals surface area contributed by atoms with E-state index < -0.39 is 75.9 Å². The van der Waals surface area contributed by atoms with Crippen molar-refractivity contribution >= 4 is 29.0 Å². The second-order valence-corrected chi connectivity index (χ2v) is 13.4. The van der Waals surface area contributed by atoms with Gasteiger partial charge in [-0.2, -0.15) is 0 Å². The molecule has 6 atom stereocenters. The maximum Gasteiger partial charge on any atom is 0.235 e. The molecule has 3 fully saturated rings. The molecule has 3 saturated carbocycles. The fourth-order valence-corrected chi connectivity index (χ4v) is 8.37. The molecule has 0 aliphatic heterocycles. The van der Waals surface area contributed by atoms with Crippen LogP contribution >= 0.6 is 0 Å². The first kappa shape index (κ1) is 31.4. The summed E-state index contributed by atoms with van der Waals surface area (Å²) in [6.07, 6.45) is 5.12. The van der Waals surface area contributed by atoms with Crippen LogP contribution in [0.3, 0.4) is 0 Å². The molecule has 5 rings (SSSR count). The van der Waals surface area contributed by atoms with E-state index in [-0.39, 0.29) is 41.5 Å². The summed E-state index contributed by atoms with van der Waals surface area (Å²) in [7, 11) is 3.04. The van der Waals surface area contributed by atoms with Gasteiger partial charge in [0.25, 0.3) is 0 Å². The summed E-state index contributed by atoms with van der Waals surface area (Å²) in [6, 6.07) is 0.0423. The highest BCUT2D eigenvalue weighted by atomic mass is 19.1. The summed E-state index contributed by atoms with van der Waals surface area (Å²) in [5.41, 5.74) is 2.70. The Hall–Kier alpha value is -3.02. The number of phenolic OH excluding ortho intramolecular Hbond substituents is 1. The number of primary amides is 1. The van der Waals surface area contributed by atoms with Crippen molar-refractivity contribution in [1.29, 1.82) is 0 Å². The van der Waals surface area contributed by atoms with Crippen molar-refractivity contribution in [2.24, 2.45) is 34.8 Å². The number of benzene rings is 1. The number of ketones is 4. The highest BCUT2D eigenvalue weighted by molar-refractivity contribution is 6.32. The molecule has 11 heteroatoms. The molecule has 1 aromatic carbocycles. The number of aliphatic hydroxyl groups is 1. The van der Waals surface area contributed by atoms with Crippen LogP contribution in [0.15, 0.2) is 6.07 Å². The third-order valence-corrected chi connectivity index (χ3v) is 10.7. The van der Waals surface area contributed by atoms with Crippen LogP contribution in [0, 0.1) is 34.9 Å². The molecule has 2 unspecified atom stereocenters. The molecular formula is C32H42FN3O7. The number of halogens is 1. The van der Waals surface area contributed by atoms with E-state index in [1.54, 1.807) is 0 Å². The number of Topliss-reactive ketones (excluding diaryl/α,β-unsaturated/α-hetero) is 4. The number of hydrogen-bond acceptors (Lipinski definition) is 9. The highest BCUT2D eigenvalue weighted by Crippen LogP contribution is 2.51. The van der Waals surface area contributed by atoms with Crippen molar-refractivity contribution in [3.05, 3.63) is 28.6 Å². The van der Waals surface area contributed by atoms with Gasteiger partial charge in [-0.3, -0.25) is 33.8 Å². The van der Waals surface area contributed by atoms with Crippen molar-refractivity contribution in [1.82, 2.24) is 9.80 Å². The molecule has 0 saturated heterocycles. The number of hydrogen-bond donors (Lipinski definition) is 3. The largest absolute Gasteiger partial charge is 0.507 e. The topological polar surface area (TPSA) is 158 Å². The molecule has 1 amide bonds. The fraction of sp³-hybridized carbons (Fsp3) is 0.656. The van der Waals surface area contributed by atoms with E-state index in [1.165, 1.54) is 31.5 Å². The number of fused-ring (bicyclic) bond motifs is 3. The Morgan fingerprint density at radius 1 is 1.14 bits per heavy atom. The quantitative estimate of drug-likeness (QED) is 0.360. The first-order valence-corrected chi connectivity index (χ1v) is 15.3. The smallest absolute Gasteiger partial charge is 0.235 e. The maximum absolute atomic E-state index is 16.3. The van der Waals surface area contributed by atoms with Gasteiger partial charge in [0.1, 0.15) is 11.6 Å². The van der Waals surface area contributed by atoms with Gasteiger partial charge in [0.2, 0.25) is 5.91 Å². The number of carbonyl (C=O) groups is 5. The van der Waals surface area contributed by atoms with Crippen LogP contribution in [0.1, 0.15) is 73.9 Å². The van der Waals surface area contributed by atoms with Gasteiger partial charge in [-0.05, 0) is 76.6 Å². The van der Waals surface area contributed by atoms with E-state index >= 15 is 4.39 Å². The lowest BCUT2D eigenvalue weighted by molar-refractivity contribution is -0.181. The molecule has 4 N–H and O–H groups in total. The summed E-state index contributed by atoms with van der Waals surface area (Å²) in [5, 5.41) is 22.7. The van der Waals surface area contributed by atoms with E-state index in [0.717, 1.165) is 38.8 Å². The number of aromatic hydroxyl groups is 1. The second kappa shape index (κ2) is 11.2. The molecule has 0 heterocycles. The number of rotatable bonds is 9. The molecule has 0 spiro atoms. The van der Waals surface area contributed by atoms with Crippen LogP contribution in [-0.2, 0) is 32.1 Å². The molecule has 4 aliphatic carbocycles. The third kappa shape index (κ3) is 4.75. The van der Waals surface area contributed by atoms with E-state index in [2.05, 4.69) is 18.7 Å². The lowest BCUT2D eigenvalue weighted by atomic mass is 9.52. The predicted octanol–water partition coefficient (Wildman–Crippen LogP) is 1.80. The van der Waals surface area contributed by atoms with Gasteiger partial charge < -0.3 is 15.9 Å². The fourth-order valence-electron chi connectivity index (χ4n) is 8.37. The lowest BCUT2D eigenvalue weighted by Gasteiger charge is -2.52. The van der Waals surface area contributed by atoms with Crippen LogP contribution in [0.4, 0.5) is 4.39 Å². The standard InChI is InChI=1S/C32H42FN3O7/c1-5-10-36(15-31(6-2)8-7-9-31)14-17-13-20(37)22-18(24(17)33)11-16-12-19-25(35(3)4)27(39)23(30(34)42)29(41)32(19,43)28(40)21(16)26(22)38/h13,16,19,21,23,25,37,43H,5-12,14-15H2,1-4H3,(H2,34,42)/t16-,19-,21?,23?,25-,32-/m0/s1. The minimum atomic E-state index is -2.80. The average Bonchev–Trinajstić information content (AvgIpc) is 2.90. The van der Waals surface area contributed by atoms with E-state index in [0.29, 0.717) is 0 Å². The minimum Gasteiger partial charge on any atom is -0.507 e. The van der Waals surface area contributed by atoms with Crippen molar-refractivity contribution in [3.63, 3.8) is 0 Å². The average molecular weight is 600 g/mol. The van der Waals surface area contributed by atoms with E-state index in [4.69, 9.17) is 5.73 Å². The first-order chi connectivity index (χ1) is 20.2. The number of carbonyl (C=O) groups excluding carboxylic acids is 5. The molecule has 43 heavy (non-hydrogen) atoms. The Labute approximate surface area is 250 Å². The number of likely N-dealkylation sites (N-methyl/N-ethyl adjacent to an activating group) is 1. The Morgan fingerprint density at radius 3 is 2.35 bits per heavy atom. The SMILES string of the molecule is CCCN(Cc1cc(O)c2c(c1F)C[C@H]1C[C@H]3[C@H](N(C)C)C(=O)C(C(N)=O)C(=O)[C@@]3(O)C(=O)C1C2=O)CC1(CC)CCC1. The zero-order valence-electron chi connectivity index (χ0n) is 25.3. The third-order valence-electron chi connectivity index (χ3n) is 10.7. The van der Waals surface area contributed by atoms with Gasteiger partial charge in [0, 0.05) is 30.1 Å². The van der Waals surface area contributed by atoms with Crippen molar-refractivity contribution < 1.29 is 38.6 Å². The van der Waals surface area contributed by atoms with Crippen molar-refractivity contribution in [2.45, 2.75) is 77.0 Å². The Kier molecular flexibility index (Phi) is 8.15. The van der Waals surface area contributed by atoms with E-state index in [9.17, 15) is 34.2 Å². The van der Waals surface area contributed by atoms with E-state index in [1.807, 2.05) is 0 Å². The maximum atomic E-state index is 16.3. The summed E-state index contributed by atoms with van der Waals surface area (Å²) in [5.74, 6) is -12.2. The Morgan fingerprint density at radius 2 is 1.81 bits per heavy atom. The van der Waals surface area contributed by atoms with Gasteiger partial charge in [-0.15, -0.1) is 0 Å². The summed E-state index contributed by atoms with van der Waals surface area (Å²) in [4.78, 5) is 70.1. The highest BCUT2D eigenvalue weighted by Gasteiger charge is 2.69. The monoisotopic (exact) mass is 599 g/mol. The molecule has 10 nitrogen and oxygen atoms in total. The molecule has 234 valence electrons. The number of amides is 1. The van der Waals surface area contributed by atoms with Gasteiger partial charge in [-0.25, -0.2) is 4.39 Å². The Bertz CT molecular complexity index is 1380. The van der Waals surface area contributed by atoms with Crippen LogP contribution in [0.2, 0.25) is 0 Å². The molecule has 0 bridgehead atoms. The molecule has 4 aliphatic rings.